The number of nitrogens with zero attached hydrogens (tertiary/aromatic N) is 2. The van der Waals surface area contributed by atoms with Crippen LogP contribution in [0, 0.1) is 22.6 Å². The molecule has 100 valence electrons. The Kier molecular flexibility index (Phi) is 4.83. The lowest BCUT2D eigenvalue weighted by molar-refractivity contribution is 0.232. The fourth-order valence-corrected chi connectivity index (χ4v) is 1.21. The Morgan fingerprint density at radius 3 is 2.79 bits per heavy atom. The van der Waals surface area contributed by atoms with Gasteiger partial charge in [0.05, 0.1) is 6.10 Å². The second-order valence-electron chi connectivity index (χ2n) is 3.88. The van der Waals surface area contributed by atoms with Crippen molar-refractivity contribution < 1.29 is 9.13 Å². The van der Waals surface area contributed by atoms with Gasteiger partial charge in [-0.05, 0) is 26.0 Å². The highest BCUT2D eigenvalue weighted by molar-refractivity contribution is 6.45. The molecule has 0 aliphatic rings. The standard InChI is InChI=1S/C12H14FN5O/c1-7(2)19-11-8(13)4-3-5-9(11)17-18-10(6-14)12(15)16/h3-5,7,17H,1-2H3,(H3,15,16)/b18-10+. The Bertz CT molecular complexity index is 548. The van der Waals surface area contributed by atoms with E-state index in [-0.39, 0.29) is 23.3 Å². The van der Waals surface area contributed by atoms with Crippen LogP contribution < -0.4 is 15.9 Å². The first kappa shape index (κ1) is 14.4. The molecule has 19 heavy (non-hydrogen) atoms. The number of nitrogens with two attached hydrogens (primary N) is 1. The number of halogens is 1. The number of benzene rings is 1. The molecule has 0 saturated carbocycles. The third-order valence-electron chi connectivity index (χ3n) is 1.97. The Labute approximate surface area is 110 Å². The SMILES string of the molecule is CC(C)Oc1c(F)cccc1N/N=C(\C#N)C(=N)N. The molecule has 0 heterocycles. The number of hydrogen-bond acceptors (Lipinski definition) is 5. The van der Waals surface area contributed by atoms with Crippen molar-refractivity contribution in [3.63, 3.8) is 0 Å². The lowest BCUT2D eigenvalue weighted by Crippen LogP contribution is -2.22. The summed E-state index contributed by atoms with van der Waals surface area (Å²) in [5.74, 6) is -1.02. The molecule has 0 radical (unpaired) electrons. The van der Waals surface area contributed by atoms with Crippen molar-refractivity contribution in [2.24, 2.45) is 10.8 Å². The van der Waals surface area contributed by atoms with Gasteiger partial charge in [-0.3, -0.25) is 10.8 Å². The number of nitriles is 1. The second-order valence-corrected chi connectivity index (χ2v) is 3.88. The van der Waals surface area contributed by atoms with E-state index >= 15 is 0 Å². The van der Waals surface area contributed by atoms with Crippen molar-refractivity contribution in [2.45, 2.75) is 20.0 Å². The number of ether oxygens (including phenoxy) is 1. The monoisotopic (exact) mass is 263 g/mol. The van der Waals surface area contributed by atoms with Crippen molar-refractivity contribution in [2.75, 3.05) is 5.43 Å². The first-order valence-corrected chi connectivity index (χ1v) is 5.49. The summed E-state index contributed by atoms with van der Waals surface area (Å²) in [5, 5.41) is 19.4. The number of amidine groups is 1. The van der Waals surface area contributed by atoms with E-state index in [4.69, 9.17) is 21.1 Å². The highest BCUT2D eigenvalue weighted by Gasteiger charge is 2.11. The van der Waals surface area contributed by atoms with Gasteiger partial charge in [0.1, 0.15) is 11.8 Å². The zero-order chi connectivity index (χ0) is 14.4. The Hall–Kier alpha value is -2.62. The maximum Gasteiger partial charge on any atom is 0.201 e. The molecule has 7 heteroatoms. The molecule has 0 bridgehead atoms. The zero-order valence-electron chi connectivity index (χ0n) is 10.6. The molecule has 1 rings (SSSR count). The fourth-order valence-electron chi connectivity index (χ4n) is 1.21. The molecule has 1 aromatic rings. The van der Waals surface area contributed by atoms with Gasteiger partial charge in [0.2, 0.25) is 5.71 Å². The van der Waals surface area contributed by atoms with Crippen LogP contribution in [-0.2, 0) is 0 Å². The maximum absolute atomic E-state index is 13.6. The predicted octanol–water partition coefficient (Wildman–Crippen LogP) is 1.84. The van der Waals surface area contributed by atoms with E-state index in [1.165, 1.54) is 12.1 Å². The molecular formula is C12H14FN5O. The van der Waals surface area contributed by atoms with Crippen LogP contribution in [0.1, 0.15) is 13.8 Å². The van der Waals surface area contributed by atoms with Gasteiger partial charge in [-0.1, -0.05) is 6.07 Å². The summed E-state index contributed by atoms with van der Waals surface area (Å²) < 4.78 is 19.0. The predicted molar refractivity (Wildman–Crippen MR) is 70.7 cm³/mol. The highest BCUT2D eigenvalue weighted by Crippen LogP contribution is 2.28. The van der Waals surface area contributed by atoms with E-state index in [2.05, 4.69) is 10.5 Å². The normalized spacial score (nSPS) is 11.0. The van der Waals surface area contributed by atoms with Gasteiger partial charge < -0.3 is 10.5 Å². The third-order valence-corrected chi connectivity index (χ3v) is 1.97. The van der Waals surface area contributed by atoms with E-state index in [1.54, 1.807) is 26.0 Å². The van der Waals surface area contributed by atoms with Gasteiger partial charge in [-0.15, -0.1) is 0 Å². The largest absolute Gasteiger partial charge is 0.486 e. The smallest absolute Gasteiger partial charge is 0.201 e. The van der Waals surface area contributed by atoms with Gasteiger partial charge in [0.15, 0.2) is 17.4 Å². The second kappa shape index (κ2) is 6.35. The van der Waals surface area contributed by atoms with Crippen molar-refractivity contribution in [1.29, 1.82) is 10.7 Å². The summed E-state index contributed by atoms with van der Waals surface area (Å²) in [6.07, 6.45) is -0.218. The minimum absolute atomic E-state index is 0.00194. The molecule has 0 saturated heterocycles. The molecule has 0 amide bonds. The molecule has 0 fully saturated rings. The molecular weight excluding hydrogens is 249 g/mol. The molecule has 0 unspecified atom stereocenters. The van der Waals surface area contributed by atoms with Crippen molar-refractivity contribution in [3.8, 4) is 11.8 Å². The lowest BCUT2D eigenvalue weighted by atomic mass is 10.3. The summed E-state index contributed by atoms with van der Waals surface area (Å²) in [4.78, 5) is 0. The van der Waals surface area contributed by atoms with Gasteiger partial charge >= 0.3 is 0 Å². The minimum atomic E-state index is -0.546. The van der Waals surface area contributed by atoms with Crippen LogP contribution in [0.25, 0.3) is 0 Å². The summed E-state index contributed by atoms with van der Waals surface area (Å²) in [7, 11) is 0. The van der Waals surface area contributed by atoms with Crippen molar-refractivity contribution >= 4 is 17.2 Å². The van der Waals surface area contributed by atoms with Gasteiger partial charge in [-0.2, -0.15) is 10.4 Å². The van der Waals surface area contributed by atoms with Crippen LogP contribution in [0.5, 0.6) is 5.75 Å². The summed E-state index contributed by atoms with van der Waals surface area (Å²) in [5.41, 5.74) is 7.58. The number of anilines is 1. The first-order chi connectivity index (χ1) is 8.95. The lowest BCUT2D eigenvalue weighted by Gasteiger charge is -2.14. The Morgan fingerprint density at radius 1 is 1.58 bits per heavy atom. The average Bonchev–Trinajstić information content (AvgIpc) is 2.33. The van der Waals surface area contributed by atoms with Crippen LogP contribution >= 0.6 is 0 Å². The van der Waals surface area contributed by atoms with Crippen LogP contribution in [-0.4, -0.2) is 17.7 Å². The van der Waals surface area contributed by atoms with Crippen LogP contribution in [0.4, 0.5) is 10.1 Å². The molecule has 1 aromatic carbocycles. The van der Waals surface area contributed by atoms with E-state index < -0.39 is 11.7 Å². The molecule has 0 spiro atoms. The average molecular weight is 263 g/mol. The van der Waals surface area contributed by atoms with Gasteiger partial charge in [-0.25, -0.2) is 4.39 Å². The maximum atomic E-state index is 13.6. The van der Waals surface area contributed by atoms with Gasteiger partial charge in [0.25, 0.3) is 0 Å². The zero-order valence-corrected chi connectivity index (χ0v) is 10.6. The number of hydrazone groups is 1. The highest BCUT2D eigenvalue weighted by atomic mass is 19.1. The topological polar surface area (TPSA) is 107 Å². The minimum Gasteiger partial charge on any atom is -0.486 e. The summed E-state index contributed by atoms with van der Waals surface area (Å²) >= 11 is 0. The van der Waals surface area contributed by atoms with Gasteiger partial charge in [0, 0.05) is 0 Å². The number of nitrogens with one attached hydrogen (secondary N) is 2. The van der Waals surface area contributed by atoms with Crippen LogP contribution in [0.15, 0.2) is 23.3 Å². The van der Waals surface area contributed by atoms with Crippen LogP contribution in [0.3, 0.4) is 0 Å². The molecule has 0 aliphatic carbocycles. The molecule has 6 nitrogen and oxygen atoms in total. The van der Waals surface area contributed by atoms with E-state index in [0.29, 0.717) is 0 Å². The fraction of sp³-hybridized carbons (Fsp3) is 0.250. The van der Waals surface area contributed by atoms with E-state index in [1.807, 2.05) is 0 Å². The molecule has 4 N–H and O–H groups in total. The number of rotatable bonds is 5. The Morgan fingerprint density at radius 2 is 2.26 bits per heavy atom. The van der Waals surface area contributed by atoms with Crippen molar-refractivity contribution in [3.05, 3.63) is 24.0 Å². The molecule has 0 atom stereocenters. The van der Waals surface area contributed by atoms with Crippen LogP contribution in [0.2, 0.25) is 0 Å². The summed E-state index contributed by atoms with van der Waals surface area (Å²) in [6.45, 7) is 3.52. The quantitative estimate of drug-likeness (QED) is 0.428. The number of para-hydroxylation sites is 1. The van der Waals surface area contributed by atoms with E-state index in [9.17, 15) is 4.39 Å². The number of hydrogen-bond donors (Lipinski definition) is 3. The molecule has 0 aromatic heterocycles. The third kappa shape index (κ3) is 3.96. The van der Waals surface area contributed by atoms with E-state index in [0.717, 1.165) is 0 Å². The molecule has 0 aliphatic heterocycles. The first-order valence-electron chi connectivity index (χ1n) is 5.49. The van der Waals surface area contributed by atoms with Crippen molar-refractivity contribution in [1.82, 2.24) is 0 Å². The summed E-state index contributed by atoms with van der Waals surface area (Å²) in [6, 6.07) is 5.92. The Balaban J connectivity index is 3.05.